The van der Waals surface area contributed by atoms with Crippen LogP contribution in [0.5, 0.6) is 0 Å². The van der Waals surface area contributed by atoms with Crippen LogP contribution in [0.25, 0.3) is 11.1 Å². The highest BCUT2D eigenvalue weighted by Gasteiger charge is 2.32. The minimum Gasteiger partial charge on any atom is -0.372 e. The van der Waals surface area contributed by atoms with Crippen LogP contribution >= 0.6 is 23.2 Å². The number of carbonyl (C=O) groups is 2. The Bertz CT molecular complexity index is 1480. The average molecular weight is 586 g/mol. The molecule has 4 nitrogen and oxygen atoms in total. The number of ketones is 1. The zero-order valence-electron chi connectivity index (χ0n) is 23.2. The van der Waals surface area contributed by atoms with E-state index >= 15 is 0 Å². The summed E-state index contributed by atoms with van der Waals surface area (Å²) in [6.45, 7) is 4.38. The Kier molecular flexibility index (Phi) is 9.43. The smallest absolute Gasteiger partial charge is 0.227 e. The predicted octanol–water partition coefficient (Wildman–Crippen LogP) is 8.22. The van der Waals surface area contributed by atoms with E-state index in [0.29, 0.717) is 34.5 Å². The molecular formula is C35H34Cl2N2O2. The summed E-state index contributed by atoms with van der Waals surface area (Å²) in [6, 6.07) is 31.3. The van der Waals surface area contributed by atoms with Crippen molar-refractivity contribution in [2.45, 2.75) is 32.1 Å². The molecule has 0 aromatic heterocycles. The highest BCUT2D eigenvalue weighted by Crippen LogP contribution is 2.35. The molecular weight excluding hydrogens is 551 g/mol. The molecule has 4 aromatic carbocycles. The van der Waals surface area contributed by atoms with Gasteiger partial charge in [0, 0.05) is 47.4 Å². The maximum atomic E-state index is 13.4. The monoisotopic (exact) mass is 584 g/mol. The summed E-state index contributed by atoms with van der Waals surface area (Å²) in [5.74, 6) is 0.331. The zero-order valence-corrected chi connectivity index (χ0v) is 24.7. The molecule has 1 aliphatic heterocycles. The lowest BCUT2D eigenvalue weighted by molar-refractivity contribution is -0.123. The molecule has 0 radical (unpaired) electrons. The normalized spacial score (nSPS) is 14.5. The quantitative estimate of drug-likeness (QED) is 0.201. The summed E-state index contributed by atoms with van der Waals surface area (Å²) >= 11 is 12.5. The van der Waals surface area contributed by atoms with Crippen LogP contribution in [0.15, 0.2) is 97.1 Å². The third-order valence-corrected chi connectivity index (χ3v) is 8.31. The molecule has 1 unspecified atom stereocenters. The molecule has 6 heteroatoms. The molecule has 41 heavy (non-hydrogen) atoms. The highest BCUT2D eigenvalue weighted by molar-refractivity contribution is 6.35. The number of hydrogen-bond acceptors (Lipinski definition) is 3. The topological polar surface area (TPSA) is 49.4 Å². The molecule has 1 heterocycles. The number of likely N-dealkylation sites (N-methyl/N-ethyl adjacent to an activating group) is 1. The van der Waals surface area contributed by atoms with Gasteiger partial charge in [0.2, 0.25) is 5.91 Å². The Morgan fingerprint density at radius 1 is 0.854 bits per heavy atom. The number of amides is 1. The summed E-state index contributed by atoms with van der Waals surface area (Å²) in [5.41, 5.74) is 5.49. The second-order valence-electron chi connectivity index (χ2n) is 10.6. The first kappa shape index (κ1) is 28.9. The van der Waals surface area contributed by atoms with E-state index in [4.69, 9.17) is 23.2 Å². The molecule has 1 N–H and O–H groups in total. The van der Waals surface area contributed by atoms with E-state index in [1.54, 1.807) is 6.07 Å². The van der Waals surface area contributed by atoms with Crippen molar-refractivity contribution in [2.24, 2.45) is 5.92 Å². The van der Waals surface area contributed by atoms with E-state index in [1.807, 2.05) is 73.7 Å². The van der Waals surface area contributed by atoms with Crippen LogP contribution in [0.2, 0.25) is 10.0 Å². The van der Waals surface area contributed by atoms with Gasteiger partial charge in [0.25, 0.3) is 0 Å². The van der Waals surface area contributed by atoms with Gasteiger partial charge in [-0.2, -0.15) is 0 Å². The van der Waals surface area contributed by atoms with Gasteiger partial charge in [-0.1, -0.05) is 89.9 Å². The minimum atomic E-state index is -0.127. The van der Waals surface area contributed by atoms with Crippen molar-refractivity contribution in [2.75, 3.05) is 24.5 Å². The first-order valence-corrected chi connectivity index (χ1v) is 14.9. The third-order valence-electron chi connectivity index (χ3n) is 7.87. The number of nitrogens with one attached hydrogen (secondary N) is 1. The van der Waals surface area contributed by atoms with Gasteiger partial charge in [-0.15, -0.1) is 0 Å². The van der Waals surface area contributed by atoms with Crippen molar-refractivity contribution in [3.05, 3.63) is 124 Å². The summed E-state index contributed by atoms with van der Waals surface area (Å²) in [7, 11) is 0. The number of carbonyl (C=O) groups excluding carboxylic acids is 2. The van der Waals surface area contributed by atoms with Crippen molar-refractivity contribution in [3.63, 3.8) is 0 Å². The van der Waals surface area contributed by atoms with Crippen LogP contribution in [0.1, 0.15) is 47.2 Å². The van der Waals surface area contributed by atoms with Crippen molar-refractivity contribution >= 4 is 40.6 Å². The molecule has 1 amide bonds. The number of halogens is 2. The number of Topliss-reactive ketones (excluding diaryl/α,β-unsaturated/α-hetero) is 1. The van der Waals surface area contributed by atoms with Crippen LogP contribution in [-0.4, -0.2) is 31.3 Å². The van der Waals surface area contributed by atoms with Gasteiger partial charge in [-0.3, -0.25) is 9.59 Å². The lowest BCUT2D eigenvalue weighted by Gasteiger charge is -2.37. The van der Waals surface area contributed by atoms with Gasteiger partial charge in [-0.05, 0) is 78.3 Å². The third kappa shape index (κ3) is 7.01. The zero-order chi connectivity index (χ0) is 28.8. The number of rotatable bonds is 9. The molecule has 4 aromatic rings. The van der Waals surface area contributed by atoms with Gasteiger partial charge in [0.05, 0.1) is 5.92 Å². The number of hydrogen-bond donors (Lipinski definition) is 1. The fraction of sp³-hybridized carbons (Fsp3) is 0.257. The average Bonchev–Trinajstić information content (AvgIpc) is 2.98. The molecule has 0 saturated carbocycles. The number of piperidine rings is 1. The van der Waals surface area contributed by atoms with Crippen LogP contribution in [0.3, 0.4) is 0 Å². The van der Waals surface area contributed by atoms with Crippen LogP contribution < -0.4 is 10.2 Å². The van der Waals surface area contributed by atoms with Crippen molar-refractivity contribution in [1.29, 1.82) is 0 Å². The van der Waals surface area contributed by atoms with E-state index in [0.717, 1.165) is 53.9 Å². The molecule has 0 bridgehead atoms. The fourth-order valence-electron chi connectivity index (χ4n) is 5.87. The molecule has 0 aliphatic carbocycles. The Balaban J connectivity index is 1.24. The van der Waals surface area contributed by atoms with Gasteiger partial charge in [0.15, 0.2) is 5.78 Å². The Hall–Kier alpha value is -3.60. The first-order valence-electron chi connectivity index (χ1n) is 14.2. The van der Waals surface area contributed by atoms with Crippen LogP contribution in [0.4, 0.5) is 5.69 Å². The number of anilines is 1. The lowest BCUT2D eigenvalue weighted by Crippen LogP contribution is -2.40. The summed E-state index contributed by atoms with van der Waals surface area (Å²) < 4.78 is 0. The van der Waals surface area contributed by atoms with E-state index < -0.39 is 0 Å². The van der Waals surface area contributed by atoms with Gasteiger partial charge in [-0.25, -0.2) is 0 Å². The van der Waals surface area contributed by atoms with Crippen molar-refractivity contribution in [1.82, 2.24) is 5.32 Å². The van der Waals surface area contributed by atoms with Crippen LogP contribution in [0, 0.1) is 5.92 Å². The second kappa shape index (κ2) is 13.4. The molecule has 1 atom stereocenters. The van der Waals surface area contributed by atoms with Gasteiger partial charge >= 0.3 is 0 Å². The van der Waals surface area contributed by atoms with E-state index in [1.165, 1.54) is 0 Å². The predicted molar refractivity (Wildman–Crippen MR) is 169 cm³/mol. The maximum absolute atomic E-state index is 13.4. The van der Waals surface area contributed by atoms with E-state index in [-0.39, 0.29) is 17.6 Å². The van der Waals surface area contributed by atoms with Gasteiger partial charge in [0.1, 0.15) is 0 Å². The SMILES string of the molecule is CCNC(=O)C(c1ccccc1)C1CCN(c2ccc(CC(=O)c3ccccc3-c3cc(Cl)cc(Cl)c3)cc2)CC1. The van der Waals surface area contributed by atoms with E-state index in [9.17, 15) is 9.59 Å². The fourth-order valence-corrected chi connectivity index (χ4v) is 6.39. The van der Waals surface area contributed by atoms with Crippen molar-refractivity contribution < 1.29 is 9.59 Å². The summed E-state index contributed by atoms with van der Waals surface area (Å²) in [6.07, 6.45) is 2.20. The number of benzene rings is 4. The Morgan fingerprint density at radius 3 is 2.15 bits per heavy atom. The molecule has 5 rings (SSSR count). The summed E-state index contributed by atoms with van der Waals surface area (Å²) in [4.78, 5) is 28.7. The molecule has 0 spiro atoms. The Morgan fingerprint density at radius 2 is 1.49 bits per heavy atom. The minimum absolute atomic E-state index is 0.0440. The Labute approximate surface area is 252 Å². The standard InChI is InChI=1S/C35H34Cl2N2O2/c1-2-38-35(41)34(25-8-4-3-5-9-25)26-16-18-39(19-17-26)30-14-12-24(13-15-30)20-33(40)32-11-7-6-10-31(32)27-21-28(36)23-29(37)22-27/h3-15,21-23,26,34H,2,16-20H2,1H3,(H,38,41). The molecule has 1 fully saturated rings. The number of nitrogens with zero attached hydrogens (tertiary/aromatic N) is 1. The van der Waals surface area contributed by atoms with Crippen LogP contribution in [-0.2, 0) is 11.2 Å². The molecule has 210 valence electrons. The first-order chi connectivity index (χ1) is 19.9. The molecule has 1 saturated heterocycles. The second-order valence-corrected chi connectivity index (χ2v) is 11.5. The van der Waals surface area contributed by atoms with Gasteiger partial charge < -0.3 is 10.2 Å². The maximum Gasteiger partial charge on any atom is 0.227 e. The van der Waals surface area contributed by atoms with E-state index in [2.05, 4.69) is 34.5 Å². The largest absolute Gasteiger partial charge is 0.372 e. The highest BCUT2D eigenvalue weighted by atomic mass is 35.5. The lowest BCUT2D eigenvalue weighted by atomic mass is 9.79. The molecule has 1 aliphatic rings. The van der Waals surface area contributed by atoms with Crippen molar-refractivity contribution in [3.8, 4) is 11.1 Å². The summed E-state index contributed by atoms with van der Waals surface area (Å²) in [5, 5.41) is 4.12.